The predicted molar refractivity (Wildman–Crippen MR) is 75.4 cm³/mol. The SMILES string of the molecule is Cc1cnccc1CNC(=O)c1cc([N+](=O)[O-])cnc1N. The summed E-state index contributed by atoms with van der Waals surface area (Å²) in [7, 11) is 0. The topological polar surface area (TPSA) is 124 Å². The van der Waals surface area contributed by atoms with Crippen LogP contribution in [0, 0.1) is 17.0 Å². The molecule has 0 atom stereocenters. The first-order chi connectivity index (χ1) is 9.99. The third-order valence-corrected chi connectivity index (χ3v) is 2.94. The maximum atomic E-state index is 12.1. The Morgan fingerprint density at radius 2 is 2.24 bits per heavy atom. The molecule has 0 aliphatic rings. The van der Waals surface area contributed by atoms with Crippen LogP contribution in [0.2, 0.25) is 0 Å². The zero-order valence-electron chi connectivity index (χ0n) is 11.2. The average Bonchev–Trinajstić information content (AvgIpc) is 2.46. The molecule has 8 heteroatoms. The fourth-order valence-electron chi connectivity index (χ4n) is 1.72. The van der Waals surface area contributed by atoms with Crippen LogP contribution in [0.5, 0.6) is 0 Å². The molecule has 2 heterocycles. The molecule has 0 radical (unpaired) electrons. The number of amides is 1. The zero-order valence-corrected chi connectivity index (χ0v) is 11.2. The predicted octanol–water partition coefficient (Wildman–Crippen LogP) is 1.21. The van der Waals surface area contributed by atoms with Crippen LogP contribution in [0.3, 0.4) is 0 Å². The number of nitrogens with zero attached hydrogens (tertiary/aromatic N) is 3. The number of carbonyl (C=O) groups is 1. The van der Waals surface area contributed by atoms with E-state index in [-0.39, 0.29) is 23.6 Å². The van der Waals surface area contributed by atoms with E-state index < -0.39 is 10.8 Å². The second-order valence-electron chi connectivity index (χ2n) is 4.37. The van der Waals surface area contributed by atoms with Crippen molar-refractivity contribution >= 4 is 17.4 Å². The first kappa shape index (κ1) is 14.4. The molecule has 2 aromatic rings. The lowest BCUT2D eigenvalue weighted by Crippen LogP contribution is -2.24. The van der Waals surface area contributed by atoms with Crippen LogP contribution in [0.25, 0.3) is 0 Å². The summed E-state index contributed by atoms with van der Waals surface area (Å²) in [6.07, 6.45) is 4.32. The van der Waals surface area contributed by atoms with Crippen LogP contribution < -0.4 is 11.1 Å². The van der Waals surface area contributed by atoms with Gasteiger partial charge >= 0.3 is 0 Å². The van der Waals surface area contributed by atoms with Crippen molar-refractivity contribution in [1.29, 1.82) is 0 Å². The van der Waals surface area contributed by atoms with E-state index in [1.54, 1.807) is 18.5 Å². The number of rotatable bonds is 4. The normalized spacial score (nSPS) is 10.1. The lowest BCUT2D eigenvalue weighted by atomic mass is 10.1. The molecule has 0 aliphatic carbocycles. The Bertz CT molecular complexity index is 702. The molecule has 0 fully saturated rings. The number of nitrogens with one attached hydrogen (secondary N) is 1. The standard InChI is InChI=1S/C13H13N5O3/c1-8-5-15-3-2-9(8)6-17-13(19)11-4-10(18(20)21)7-16-12(11)14/h2-5,7H,6H2,1H3,(H2,14,16)(H,17,19). The number of aromatic nitrogens is 2. The van der Waals surface area contributed by atoms with Crippen LogP contribution in [0.15, 0.2) is 30.7 Å². The number of nitrogen functional groups attached to an aromatic ring is 1. The van der Waals surface area contributed by atoms with E-state index in [2.05, 4.69) is 15.3 Å². The summed E-state index contributed by atoms with van der Waals surface area (Å²) >= 11 is 0. The minimum atomic E-state index is -0.629. The van der Waals surface area contributed by atoms with E-state index in [0.717, 1.165) is 23.4 Å². The van der Waals surface area contributed by atoms with Crippen molar-refractivity contribution in [3.05, 3.63) is 57.5 Å². The number of nitro groups is 1. The van der Waals surface area contributed by atoms with E-state index in [1.807, 2.05) is 6.92 Å². The van der Waals surface area contributed by atoms with Gasteiger partial charge in [-0.25, -0.2) is 4.98 Å². The molecule has 108 valence electrons. The molecule has 0 saturated carbocycles. The van der Waals surface area contributed by atoms with Crippen molar-refractivity contribution in [3.8, 4) is 0 Å². The van der Waals surface area contributed by atoms with Crippen LogP contribution in [-0.2, 0) is 6.54 Å². The van der Waals surface area contributed by atoms with Gasteiger partial charge < -0.3 is 11.1 Å². The van der Waals surface area contributed by atoms with Gasteiger partial charge in [-0.05, 0) is 24.1 Å². The summed E-state index contributed by atoms with van der Waals surface area (Å²) < 4.78 is 0. The van der Waals surface area contributed by atoms with Crippen LogP contribution in [-0.4, -0.2) is 20.8 Å². The molecule has 0 spiro atoms. The molecule has 3 N–H and O–H groups in total. The quantitative estimate of drug-likeness (QED) is 0.643. The van der Waals surface area contributed by atoms with Gasteiger partial charge in [0.2, 0.25) is 0 Å². The minimum Gasteiger partial charge on any atom is -0.383 e. The molecule has 0 aromatic carbocycles. The summed E-state index contributed by atoms with van der Waals surface area (Å²) in [6.45, 7) is 2.15. The molecule has 1 amide bonds. The highest BCUT2D eigenvalue weighted by Crippen LogP contribution is 2.16. The van der Waals surface area contributed by atoms with Gasteiger partial charge in [0.05, 0.1) is 10.5 Å². The first-order valence-electron chi connectivity index (χ1n) is 6.06. The molecule has 0 aliphatic heterocycles. The molecule has 0 saturated heterocycles. The number of pyridine rings is 2. The Kier molecular flexibility index (Phi) is 4.07. The molecular weight excluding hydrogens is 274 g/mol. The highest BCUT2D eigenvalue weighted by molar-refractivity contribution is 5.98. The summed E-state index contributed by atoms with van der Waals surface area (Å²) in [5.41, 5.74) is 7.12. The summed E-state index contributed by atoms with van der Waals surface area (Å²) in [5.74, 6) is -0.565. The second-order valence-corrected chi connectivity index (χ2v) is 4.37. The molecule has 0 unspecified atom stereocenters. The van der Waals surface area contributed by atoms with E-state index in [0.29, 0.717) is 0 Å². The third kappa shape index (κ3) is 3.30. The maximum Gasteiger partial charge on any atom is 0.288 e. The van der Waals surface area contributed by atoms with Crippen LogP contribution >= 0.6 is 0 Å². The van der Waals surface area contributed by atoms with Gasteiger partial charge in [0.15, 0.2) is 0 Å². The Morgan fingerprint density at radius 3 is 2.90 bits per heavy atom. The highest BCUT2D eigenvalue weighted by atomic mass is 16.6. The van der Waals surface area contributed by atoms with Crippen molar-refractivity contribution in [1.82, 2.24) is 15.3 Å². The number of aryl methyl sites for hydroxylation is 1. The van der Waals surface area contributed by atoms with Gasteiger partial charge in [-0.2, -0.15) is 0 Å². The Morgan fingerprint density at radius 1 is 1.48 bits per heavy atom. The van der Waals surface area contributed by atoms with E-state index in [4.69, 9.17) is 5.73 Å². The van der Waals surface area contributed by atoms with E-state index in [1.165, 1.54) is 0 Å². The summed E-state index contributed by atoms with van der Waals surface area (Å²) in [5, 5.41) is 13.4. The fourth-order valence-corrected chi connectivity index (χ4v) is 1.72. The molecule has 2 aromatic heterocycles. The maximum absolute atomic E-state index is 12.1. The molecule has 0 bridgehead atoms. The Balaban J connectivity index is 2.15. The van der Waals surface area contributed by atoms with Crippen molar-refractivity contribution < 1.29 is 9.72 Å². The average molecular weight is 287 g/mol. The highest BCUT2D eigenvalue weighted by Gasteiger charge is 2.16. The minimum absolute atomic E-state index is 0.0177. The zero-order chi connectivity index (χ0) is 15.4. The van der Waals surface area contributed by atoms with Gasteiger partial charge in [-0.1, -0.05) is 0 Å². The Hall–Kier alpha value is -3.03. The number of carbonyl (C=O) groups excluding carboxylic acids is 1. The number of anilines is 1. The van der Waals surface area contributed by atoms with Gasteiger partial charge in [0, 0.05) is 25.0 Å². The van der Waals surface area contributed by atoms with Gasteiger partial charge in [0.25, 0.3) is 11.6 Å². The van der Waals surface area contributed by atoms with E-state index in [9.17, 15) is 14.9 Å². The lowest BCUT2D eigenvalue weighted by molar-refractivity contribution is -0.385. The molecule has 2 rings (SSSR count). The number of nitrogens with two attached hydrogens (primary N) is 1. The summed E-state index contributed by atoms with van der Waals surface area (Å²) in [4.78, 5) is 29.7. The second kappa shape index (κ2) is 5.95. The number of hydrogen-bond acceptors (Lipinski definition) is 6. The monoisotopic (exact) mass is 287 g/mol. The van der Waals surface area contributed by atoms with Crippen molar-refractivity contribution in [2.75, 3.05) is 5.73 Å². The van der Waals surface area contributed by atoms with E-state index >= 15 is 0 Å². The first-order valence-corrected chi connectivity index (χ1v) is 6.06. The smallest absolute Gasteiger partial charge is 0.288 e. The Labute approximate surface area is 120 Å². The molecule has 21 heavy (non-hydrogen) atoms. The third-order valence-electron chi connectivity index (χ3n) is 2.94. The molecular formula is C13H13N5O3. The summed E-state index contributed by atoms with van der Waals surface area (Å²) in [6, 6.07) is 2.89. The largest absolute Gasteiger partial charge is 0.383 e. The molecule has 8 nitrogen and oxygen atoms in total. The van der Waals surface area contributed by atoms with Crippen molar-refractivity contribution in [2.45, 2.75) is 13.5 Å². The van der Waals surface area contributed by atoms with Crippen LogP contribution in [0.4, 0.5) is 11.5 Å². The van der Waals surface area contributed by atoms with Gasteiger partial charge in [-0.3, -0.25) is 19.9 Å². The lowest BCUT2D eigenvalue weighted by Gasteiger charge is -2.08. The number of hydrogen-bond donors (Lipinski definition) is 2. The van der Waals surface area contributed by atoms with Crippen LogP contribution in [0.1, 0.15) is 21.5 Å². The van der Waals surface area contributed by atoms with Gasteiger partial charge in [-0.15, -0.1) is 0 Å². The van der Waals surface area contributed by atoms with Crippen molar-refractivity contribution in [3.63, 3.8) is 0 Å². The fraction of sp³-hybridized carbons (Fsp3) is 0.154. The van der Waals surface area contributed by atoms with Crippen molar-refractivity contribution in [2.24, 2.45) is 0 Å². The van der Waals surface area contributed by atoms with Gasteiger partial charge in [0.1, 0.15) is 12.0 Å².